The summed E-state index contributed by atoms with van der Waals surface area (Å²) in [4.78, 5) is 43.2. The Kier molecular flexibility index (Phi) is 12.6. The molecular weight excluding hydrogens is 664 g/mol. The molecule has 2 aliphatic rings. The van der Waals surface area contributed by atoms with Crippen LogP contribution in [0.3, 0.4) is 0 Å². The third-order valence-electron chi connectivity index (χ3n) is 9.83. The number of amides is 3. The van der Waals surface area contributed by atoms with Gasteiger partial charge in [-0.15, -0.1) is 0 Å². The predicted molar refractivity (Wildman–Crippen MR) is 197 cm³/mol. The molecule has 14 nitrogen and oxygen atoms in total. The molecule has 2 aliphatic heterocycles. The van der Waals surface area contributed by atoms with Crippen molar-refractivity contribution in [3.05, 3.63) is 53.9 Å². The number of aryl methyl sites for hydroxylation is 1. The number of hydrogen-bond acceptors (Lipinski definition) is 10. The Balaban J connectivity index is 1.10. The number of likely N-dealkylation sites (tertiary alicyclic amines) is 2. The number of carbonyl (C=O) groups is 3. The van der Waals surface area contributed by atoms with Crippen molar-refractivity contribution >= 4 is 23.7 Å². The second-order valence-corrected chi connectivity index (χ2v) is 15.5. The fraction of sp³-hybridized carbons (Fsp3) is 0.605. The van der Waals surface area contributed by atoms with E-state index in [1.807, 2.05) is 78.9 Å². The fourth-order valence-electron chi connectivity index (χ4n) is 6.96. The fourth-order valence-corrected chi connectivity index (χ4v) is 6.96. The number of ether oxygens (including phenoxy) is 1. The summed E-state index contributed by atoms with van der Waals surface area (Å²) in [6.45, 7) is 15.0. The van der Waals surface area contributed by atoms with Crippen molar-refractivity contribution < 1.29 is 28.8 Å². The molecule has 0 unspecified atom stereocenters. The van der Waals surface area contributed by atoms with E-state index in [0.29, 0.717) is 43.7 Å². The lowest BCUT2D eigenvalue weighted by Gasteiger charge is -2.33. The lowest BCUT2D eigenvalue weighted by molar-refractivity contribution is -0.141. The van der Waals surface area contributed by atoms with E-state index in [9.17, 15) is 19.5 Å². The van der Waals surface area contributed by atoms with Crippen LogP contribution >= 0.6 is 0 Å². The highest BCUT2D eigenvalue weighted by molar-refractivity contribution is 5.91. The van der Waals surface area contributed by atoms with Crippen LogP contribution in [0.5, 0.6) is 0 Å². The molecule has 1 aromatic carbocycles. The normalized spacial score (nSPS) is 19.5. The van der Waals surface area contributed by atoms with Crippen LogP contribution in [0.25, 0.3) is 11.3 Å². The van der Waals surface area contributed by atoms with Crippen LogP contribution in [-0.2, 0) is 21.4 Å². The van der Waals surface area contributed by atoms with Gasteiger partial charge in [-0.2, -0.15) is 5.10 Å². The molecule has 5 rings (SSSR count). The molecule has 0 spiro atoms. The van der Waals surface area contributed by atoms with Crippen LogP contribution in [-0.4, -0.2) is 105 Å². The summed E-state index contributed by atoms with van der Waals surface area (Å²) in [6, 6.07) is 10.5. The molecule has 0 radical (unpaired) electrons. The van der Waals surface area contributed by atoms with Crippen LogP contribution in [0.4, 0.5) is 10.6 Å². The number of aliphatic hydroxyl groups is 1. The lowest BCUT2D eigenvalue weighted by Crippen LogP contribution is -2.48. The second-order valence-electron chi connectivity index (χ2n) is 15.5. The van der Waals surface area contributed by atoms with Crippen LogP contribution in [0, 0.1) is 11.8 Å². The summed E-state index contributed by atoms with van der Waals surface area (Å²) in [5.74, 6) is 0.0196. The Bertz CT molecular complexity index is 1640. The van der Waals surface area contributed by atoms with Crippen LogP contribution in [0.1, 0.15) is 84.1 Å². The molecule has 3 amide bonds. The molecule has 4 N–H and O–H groups in total. The number of β-amino-alcohol motifs (C(OH)–C–C–N with tert-alkyl or cyclic N) is 1. The highest BCUT2D eigenvalue weighted by Gasteiger charge is 2.43. The maximum atomic E-state index is 14.0. The number of aliphatic hydroxyl groups excluding tert-OH is 1. The number of nitrogens with one attached hydrogen (secondary N) is 3. The Hall–Kier alpha value is -4.43. The van der Waals surface area contributed by atoms with E-state index in [-0.39, 0.29) is 42.8 Å². The number of anilines is 1. The topological polar surface area (TPSA) is 167 Å². The molecule has 2 aromatic heterocycles. The van der Waals surface area contributed by atoms with E-state index in [2.05, 4.69) is 26.2 Å². The first-order chi connectivity index (χ1) is 24.7. The molecule has 4 heterocycles. The molecule has 0 saturated carbocycles. The van der Waals surface area contributed by atoms with E-state index in [0.717, 1.165) is 36.2 Å². The van der Waals surface area contributed by atoms with Crippen molar-refractivity contribution in [1.29, 1.82) is 0 Å². The average molecular weight is 721 g/mol. The van der Waals surface area contributed by atoms with Crippen LogP contribution in [0.2, 0.25) is 0 Å². The van der Waals surface area contributed by atoms with Gasteiger partial charge in [-0.1, -0.05) is 43.3 Å². The number of hydrogen-bond donors (Lipinski definition) is 4. The number of aromatic nitrogens is 3. The van der Waals surface area contributed by atoms with E-state index >= 15 is 0 Å². The molecule has 2 saturated heterocycles. The smallest absolute Gasteiger partial charge is 0.410 e. The molecule has 0 bridgehead atoms. The molecule has 4 atom stereocenters. The number of carbonyl (C=O) groups excluding carboxylic acids is 3. The minimum absolute atomic E-state index is 0.0683. The minimum Gasteiger partial charge on any atom is -0.444 e. The summed E-state index contributed by atoms with van der Waals surface area (Å²) >= 11 is 0. The van der Waals surface area contributed by atoms with Crippen molar-refractivity contribution in [2.75, 3.05) is 44.6 Å². The Morgan fingerprint density at radius 3 is 2.40 bits per heavy atom. The van der Waals surface area contributed by atoms with Gasteiger partial charge < -0.3 is 40.1 Å². The number of rotatable bonds is 13. The lowest BCUT2D eigenvalue weighted by atomic mass is 9.91. The summed E-state index contributed by atoms with van der Waals surface area (Å²) < 4.78 is 13.0. The van der Waals surface area contributed by atoms with Crippen LogP contribution < -0.4 is 16.0 Å². The third-order valence-corrected chi connectivity index (χ3v) is 9.83. The molecule has 284 valence electrons. The van der Waals surface area contributed by atoms with Crippen molar-refractivity contribution in [3.8, 4) is 11.3 Å². The van der Waals surface area contributed by atoms with Gasteiger partial charge in [-0.25, -0.2) is 4.79 Å². The quantitative estimate of drug-likeness (QED) is 0.187. The zero-order chi connectivity index (χ0) is 37.6. The number of nitrogens with zero attached hydrogens (tertiary/aromatic N) is 5. The number of benzene rings is 1. The van der Waals surface area contributed by atoms with Gasteiger partial charge in [-0.3, -0.25) is 14.3 Å². The van der Waals surface area contributed by atoms with E-state index < -0.39 is 23.7 Å². The Labute approximate surface area is 306 Å². The van der Waals surface area contributed by atoms with Crippen molar-refractivity contribution in [2.24, 2.45) is 18.9 Å². The zero-order valence-corrected chi connectivity index (χ0v) is 31.6. The van der Waals surface area contributed by atoms with Gasteiger partial charge in [0.1, 0.15) is 17.6 Å². The van der Waals surface area contributed by atoms with Crippen molar-refractivity contribution in [2.45, 2.75) is 90.5 Å². The summed E-state index contributed by atoms with van der Waals surface area (Å²) in [6.07, 6.45) is 2.71. The van der Waals surface area contributed by atoms with Gasteiger partial charge in [0.05, 0.1) is 17.8 Å². The summed E-state index contributed by atoms with van der Waals surface area (Å²) in [7, 11) is 1.89. The average Bonchev–Trinajstić information content (AvgIpc) is 3.84. The second kappa shape index (κ2) is 16.9. The van der Waals surface area contributed by atoms with Crippen molar-refractivity contribution in [1.82, 2.24) is 35.4 Å². The summed E-state index contributed by atoms with van der Waals surface area (Å²) in [5.41, 5.74) is 2.44. The first kappa shape index (κ1) is 38.8. The standard InChI is InChI=1S/C38H56N8O6/c1-24(2)34(32-21-33(43-52-32)40-17-16-39-22-26-13-18-45(19-14-26)37(50)51-38(4,5)6)36(49)46-23-29(47)20-31(46)35(48)42-25(3)27-8-10-28(11-9-27)30-12-15-41-44(30)7/h8-12,15,21,24-26,29,31,34,39,47H,13-14,16-20,22-23H2,1-7H3,(H,40,43)(H,42,48)/t25-,29+,31-,34+/m0/s1. The Morgan fingerprint density at radius 1 is 1.06 bits per heavy atom. The van der Waals surface area contributed by atoms with E-state index in [4.69, 9.17) is 9.26 Å². The van der Waals surface area contributed by atoms with Gasteiger partial charge in [0.25, 0.3) is 0 Å². The molecule has 0 aliphatic carbocycles. The van der Waals surface area contributed by atoms with Gasteiger partial charge >= 0.3 is 6.09 Å². The molecule has 3 aromatic rings. The SMILES string of the molecule is CC(C)[C@@H](C(=O)N1C[C@H](O)C[C@H]1C(=O)N[C@@H](C)c1ccc(-c2ccnn2C)cc1)c1cc(NCCNCC2CCN(C(=O)OC(C)(C)C)CC2)no1. The first-order valence-corrected chi connectivity index (χ1v) is 18.5. The molecule has 2 fully saturated rings. The molecule has 14 heteroatoms. The predicted octanol–water partition coefficient (Wildman–Crippen LogP) is 4.30. The highest BCUT2D eigenvalue weighted by Crippen LogP contribution is 2.32. The first-order valence-electron chi connectivity index (χ1n) is 18.5. The Morgan fingerprint density at radius 2 is 1.77 bits per heavy atom. The van der Waals surface area contributed by atoms with Gasteiger partial charge in [0.2, 0.25) is 11.8 Å². The van der Waals surface area contributed by atoms with Crippen LogP contribution in [0.15, 0.2) is 47.1 Å². The maximum absolute atomic E-state index is 14.0. The molecular formula is C38H56N8O6. The monoisotopic (exact) mass is 720 g/mol. The number of piperidine rings is 1. The van der Waals surface area contributed by atoms with Gasteiger partial charge in [-0.05, 0) is 76.1 Å². The molecule has 52 heavy (non-hydrogen) atoms. The zero-order valence-electron chi connectivity index (χ0n) is 31.6. The van der Waals surface area contributed by atoms with Crippen molar-refractivity contribution in [3.63, 3.8) is 0 Å². The van der Waals surface area contributed by atoms with Gasteiger partial charge in [0.15, 0.2) is 11.6 Å². The summed E-state index contributed by atoms with van der Waals surface area (Å²) in [5, 5.41) is 28.8. The van der Waals surface area contributed by atoms with Gasteiger partial charge in [0, 0.05) is 58.5 Å². The van der Waals surface area contributed by atoms with E-state index in [1.54, 1.807) is 21.8 Å². The maximum Gasteiger partial charge on any atom is 0.410 e. The largest absolute Gasteiger partial charge is 0.444 e. The minimum atomic E-state index is -0.809. The highest BCUT2D eigenvalue weighted by atomic mass is 16.6. The van der Waals surface area contributed by atoms with E-state index in [1.165, 1.54) is 4.90 Å². The third kappa shape index (κ3) is 9.91.